The van der Waals surface area contributed by atoms with Crippen LogP contribution in [0.3, 0.4) is 0 Å². The molecule has 2 aliphatic rings. The maximum atomic E-state index is 6.04. The minimum atomic E-state index is 0.111. The van der Waals surface area contributed by atoms with E-state index in [0.29, 0.717) is 6.04 Å². The predicted octanol–water partition coefficient (Wildman–Crippen LogP) is 2.43. The van der Waals surface area contributed by atoms with Crippen molar-refractivity contribution in [3.8, 4) is 0 Å². The Kier molecular flexibility index (Phi) is 5.97. The minimum absolute atomic E-state index is 0.111. The summed E-state index contributed by atoms with van der Waals surface area (Å²) < 4.78 is 6.04. The zero-order valence-corrected chi connectivity index (χ0v) is 16.0. The quantitative estimate of drug-likeness (QED) is 0.658. The molecule has 0 bridgehead atoms. The van der Waals surface area contributed by atoms with E-state index in [0.717, 1.165) is 38.2 Å². The number of morpholine rings is 1. The van der Waals surface area contributed by atoms with E-state index in [1.807, 2.05) is 7.05 Å². The zero-order chi connectivity index (χ0) is 17.8. The lowest BCUT2D eigenvalue weighted by atomic mass is 10.0. The maximum Gasteiger partial charge on any atom is 0.193 e. The van der Waals surface area contributed by atoms with Crippen molar-refractivity contribution in [2.75, 3.05) is 40.3 Å². The van der Waals surface area contributed by atoms with E-state index in [9.17, 15) is 0 Å². The standard InChI is InChI=1S/C20H32N4O/c1-15-7-5-6-8-18(15)19-14-24(11-12-25-19)20(21-3)22-13-16(2)23(4)17-9-10-17/h5-8,16-17,19H,9-14H2,1-4H3,(H,21,22). The van der Waals surface area contributed by atoms with Crippen molar-refractivity contribution >= 4 is 5.96 Å². The molecule has 1 N–H and O–H groups in total. The summed E-state index contributed by atoms with van der Waals surface area (Å²) in [4.78, 5) is 9.32. The van der Waals surface area contributed by atoms with Crippen LogP contribution in [0.2, 0.25) is 0 Å². The number of benzene rings is 1. The first-order chi connectivity index (χ1) is 12.1. The number of ether oxygens (including phenoxy) is 1. The van der Waals surface area contributed by atoms with Crippen molar-refractivity contribution in [1.82, 2.24) is 15.1 Å². The molecule has 2 fully saturated rings. The highest BCUT2D eigenvalue weighted by molar-refractivity contribution is 5.80. The van der Waals surface area contributed by atoms with E-state index in [4.69, 9.17) is 4.74 Å². The lowest BCUT2D eigenvalue weighted by molar-refractivity contribution is -0.00839. The molecule has 1 aromatic rings. The van der Waals surface area contributed by atoms with Gasteiger partial charge < -0.3 is 15.0 Å². The molecule has 0 aromatic heterocycles. The Morgan fingerprint density at radius 1 is 1.40 bits per heavy atom. The average Bonchev–Trinajstić information content (AvgIpc) is 3.47. The Labute approximate surface area is 152 Å². The normalized spacial score (nSPS) is 23.0. The van der Waals surface area contributed by atoms with Crippen LogP contribution in [-0.2, 0) is 4.74 Å². The molecule has 138 valence electrons. The van der Waals surface area contributed by atoms with E-state index in [1.54, 1.807) is 0 Å². The first-order valence-corrected chi connectivity index (χ1v) is 9.44. The number of likely N-dealkylation sites (N-methyl/N-ethyl adjacent to an activating group) is 1. The van der Waals surface area contributed by atoms with Gasteiger partial charge in [0.2, 0.25) is 0 Å². The van der Waals surface area contributed by atoms with Crippen molar-refractivity contribution in [3.05, 3.63) is 35.4 Å². The SMILES string of the molecule is CN=C(NCC(C)N(C)C1CC1)N1CCOC(c2ccccc2C)C1. The van der Waals surface area contributed by atoms with Crippen molar-refractivity contribution in [2.45, 2.75) is 44.9 Å². The molecule has 0 amide bonds. The first-order valence-electron chi connectivity index (χ1n) is 9.44. The first kappa shape index (κ1) is 18.2. The van der Waals surface area contributed by atoms with Crippen LogP contribution in [0, 0.1) is 6.92 Å². The second-order valence-corrected chi connectivity index (χ2v) is 7.34. The van der Waals surface area contributed by atoms with Crippen LogP contribution in [0.25, 0.3) is 0 Å². The fourth-order valence-corrected chi connectivity index (χ4v) is 3.53. The smallest absolute Gasteiger partial charge is 0.193 e. The fourth-order valence-electron chi connectivity index (χ4n) is 3.53. The number of aliphatic imine (C=N–C) groups is 1. The number of nitrogens with zero attached hydrogens (tertiary/aromatic N) is 3. The monoisotopic (exact) mass is 344 g/mol. The summed E-state index contributed by atoms with van der Waals surface area (Å²) in [7, 11) is 4.10. The number of aryl methyl sites for hydroxylation is 1. The summed E-state index contributed by atoms with van der Waals surface area (Å²) in [6.07, 6.45) is 2.80. The topological polar surface area (TPSA) is 40.1 Å². The number of hydrogen-bond acceptors (Lipinski definition) is 3. The molecule has 1 saturated carbocycles. The van der Waals surface area contributed by atoms with Gasteiger partial charge in [0.15, 0.2) is 5.96 Å². The third kappa shape index (κ3) is 4.53. The van der Waals surface area contributed by atoms with Gasteiger partial charge in [-0.1, -0.05) is 24.3 Å². The lowest BCUT2D eigenvalue weighted by Gasteiger charge is -2.36. The van der Waals surface area contributed by atoms with E-state index in [-0.39, 0.29) is 6.10 Å². The van der Waals surface area contributed by atoms with Crippen molar-refractivity contribution < 1.29 is 4.74 Å². The molecule has 1 saturated heterocycles. The highest BCUT2D eigenvalue weighted by Gasteiger charge is 2.30. The molecule has 2 unspecified atom stereocenters. The van der Waals surface area contributed by atoms with Gasteiger partial charge >= 0.3 is 0 Å². The summed E-state index contributed by atoms with van der Waals surface area (Å²) in [5.74, 6) is 0.984. The van der Waals surface area contributed by atoms with Crippen LogP contribution in [0.15, 0.2) is 29.3 Å². The van der Waals surface area contributed by atoms with Gasteiger partial charge in [-0.3, -0.25) is 9.89 Å². The van der Waals surface area contributed by atoms with E-state index in [2.05, 4.69) is 65.3 Å². The largest absolute Gasteiger partial charge is 0.370 e. The molecule has 0 radical (unpaired) electrons. The van der Waals surface area contributed by atoms with Crippen LogP contribution < -0.4 is 5.32 Å². The summed E-state index contributed by atoms with van der Waals surface area (Å²) in [6.45, 7) is 7.82. The van der Waals surface area contributed by atoms with Crippen molar-refractivity contribution in [2.24, 2.45) is 4.99 Å². The molecule has 3 rings (SSSR count). The van der Waals surface area contributed by atoms with Gasteiger partial charge in [-0.25, -0.2) is 0 Å². The Balaban J connectivity index is 1.58. The van der Waals surface area contributed by atoms with Crippen LogP contribution in [-0.4, -0.2) is 68.2 Å². The molecular weight excluding hydrogens is 312 g/mol. The Morgan fingerprint density at radius 3 is 2.84 bits per heavy atom. The third-order valence-electron chi connectivity index (χ3n) is 5.49. The predicted molar refractivity (Wildman–Crippen MR) is 103 cm³/mol. The van der Waals surface area contributed by atoms with E-state index in [1.165, 1.54) is 24.0 Å². The summed E-state index contributed by atoms with van der Waals surface area (Å²) in [5, 5.41) is 3.57. The van der Waals surface area contributed by atoms with Gasteiger partial charge in [0.05, 0.1) is 13.2 Å². The zero-order valence-electron chi connectivity index (χ0n) is 16.0. The van der Waals surface area contributed by atoms with Crippen molar-refractivity contribution in [3.63, 3.8) is 0 Å². The van der Waals surface area contributed by atoms with Crippen LogP contribution in [0.1, 0.15) is 37.0 Å². The van der Waals surface area contributed by atoms with Crippen LogP contribution >= 0.6 is 0 Å². The van der Waals surface area contributed by atoms with Crippen molar-refractivity contribution in [1.29, 1.82) is 0 Å². The Hall–Kier alpha value is -1.59. The summed E-state index contributed by atoms with van der Waals surface area (Å²) in [5.41, 5.74) is 2.57. The average molecular weight is 345 g/mol. The minimum Gasteiger partial charge on any atom is -0.370 e. The summed E-state index contributed by atoms with van der Waals surface area (Å²) >= 11 is 0. The second kappa shape index (κ2) is 8.19. The van der Waals surface area contributed by atoms with Gasteiger partial charge in [0.1, 0.15) is 6.10 Å². The third-order valence-corrected chi connectivity index (χ3v) is 5.49. The number of nitrogens with one attached hydrogen (secondary N) is 1. The molecule has 5 nitrogen and oxygen atoms in total. The van der Waals surface area contributed by atoms with Gasteiger partial charge in [-0.15, -0.1) is 0 Å². The number of hydrogen-bond donors (Lipinski definition) is 1. The maximum absolute atomic E-state index is 6.04. The molecule has 1 heterocycles. The van der Waals surface area contributed by atoms with Gasteiger partial charge in [-0.2, -0.15) is 0 Å². The van der Waals surface area contributed by atoms with Crippen LogP contribution in [0.4, 0.5) is 0 Å². The molecule has 1 aromatic carbocycles. The van der Waals surface area contributed by atoms with Gasteiger partial charge in [0.25, 0.3) is 0 Å². The highest BCUT2D eigenvalue weighted by atomic mass is 16.5. The van der Waals surface area contributed by atoms with E-state index >= 15 is 0 Å². The second-order valence-electron chi connectivity index (χ2n) is 7.34. The molecule has 25 heavy (non-hydrogen) atoms. The molecular formula is C20H32N4O. The number of guanidine groups is 1. The van der Waals surface area contributed by atoms with E-state index < -0.39 is 0 Å². The number of rotatable bonds is 5. The van der Waals surface area contributed by atoms with Gasteiger partial charge in [0, 0.05) is 32.2 Å². The Bertz CT molecular complexity index is 599. The summed E-state index contributed by atoms with van der Waals surface area (Å²) in [6, 6.07) is 9.79. The molecule has 2 atom stereocenters. The van der Waals surface area contributed by atoms with Crippen LogP contribution in [0.5, 0.6) is 0 Å². The fraction of sp³-hybridized carbons (Fsp3) is 0.650. The van der Waals surface area contributed by atoms with Gasteiger partial charge in [-0.05, 0) is 44.9 Å². The lowest BCUT2D eigenvalue weighted by Crippen LogP contribution is -2.51. The molecule has 1 aliphatic heterocycles. The highest BCUT2D eigenvalue weighted by Crippen LogP contribution is 2.27. The Morgan fingerprint density at radius 2 is 2.16 bits per heavy atom. The molecule has 0 spiro atoms. The molecule has 5 heteroatoms. The molecule has 1 aliphatic carbocycles.